The third kappa shape index (κ3) is 4.37. The van der Waals surface area contributed by atoms with Gasteiger partial charge in [0, 0.05) is 56.5 Å². The number of amidine groups is 1. The molecule has 2 saturated heterocycles. The average molecular weight is 539 g/mol. The first-order chi connectivity index (χ1) is 19.4. The molecule has 1 aromatic heterocycles. The lowest BCUT2D eigenvalue weighted by atomic mass is 9.87. The van der Waals surface area contributed by atoms with Gasteiger partial charge in [-0.2, -0.15) is 5.10 Å². The molecule has 1 spiro atoms. The maximum Gasteiger partial charge on any atom is 0.256 e. The molecule has 2 aromatic carbocycles. The van der Waals surface area contributed by atoms with Gasteiger partial charge in [0.05, 0.1) is 11.7 Å². The molecule has 3 amide bonds. The van der Waals surface area contributed by atoms with E-state index >= 15 is 0 Å². The van der Waals surface area contributed by atoms with Crippen molar-refractivity contribution in [1.82, 2.24) is 24.9 Å². The number of nitrogens with one attached hydrogen (secondary N) is 1. The first kappa shape index (κ1) is 25.0. The number of carbonyl (C=O) groups is 3. The van der Waals surface area contributed by atoms with Crippen LogP contribution >= 0.6 is 0 Å². The summed E-state index contributed by atoms with van der Waals surface area (Å²) in [7, 11) is 0. The number of aromatic nitrogens is 2. The SMILES string of the molecule is CC(=O)N1CCC2(CC1)N=C(c1ccc(-c3ccc4[nH]ncc4c3)cc1)N(CC1CCN(C(=O)C3CC3)C1)C2=O. The molecular weight excluding hydrogens is 504 g/mol. The number of H-pyrrole nitrogens is 1. The topological polar surface area (TPSA) is 102 Å². The number of benzene rings is 2. The Labute approximate surface area is 233 Å². The number of hydrogen-bond donors (Lipinski definition) is 1. The second kappa shape index (κ2) is 9.57. The number of aliphatic imine (C=N–C) groups is 1. The summed E-state index contributed by atoms with van der Waals surface area (Å²) < 4.78 is 0. The number of fused-ring (bicyclic) bond motifs is 1. The summed E-state index contributed by atoms with van der Waals surface area (Å²) in [4.78, 5) is 49.5. The van der Waals surface area contributed by atoms with Gasteiger partial charge in [-0.1, -0.05) is 30.3 Å². The van der Waals surface area contributed by atoms with E-state index in [-0.39, 0.29) is 29.6 Å². The first-order valence-electron chi connectivity index (χ1n) is 14.4. The number of aromatic amines is 1. The number of carbonyl (C=O) groups excluding carboxylic acids is 3. The summed E-state index contributed by atoms with van der Waals surface area (Å²) in [6.45, 7) is 4.68. The lowest BCUT2D eigenvalue weighted by molar-refractivity contribution is -0.137. The largest absolute Gasteiger partial charge is 0.343 e. The number of hydrogen-bond acceptors (Lipinski definition) is 5. The van der Waals surface area contributed by atoms with Crippen LogP contribution in [-0.4, -0.2) is 86.7 Å². The van der Waals surface area contributed by atoms with Crippen LogP contribution in [-0.2, 0) is 14.4 Å². The molecule has 4 heterocycles. The lowest BCUT2D eigenvalue weighted by Gasteiger charge is -2.36. The molecule has 1 aliphatic carbocycles. The summed E-state index contributed by atoms with van der Waals surface area (Å²) in [6, 6.07) is 14.5. The molecule has 3 fully saturated rings. The monoisotopic (exact) mass is 538 g/mol. The molecular formula is C31H34N6O3. The van der Waals surface area contributed by atoms with E-state index in [1.807, 2.05) is 22.1 Å². The Morgan fingerprint density at radius 2 is 1.68 bits per heavy atom. The summed E-state index contributed by atoms with van der Waals surface area (Å²) in [5.74, 6) is 1.51. The predicted molar refractivity (Wildman–Crippen MR) is 151 cm³/mol. The van der Waals surface area contributed by atoms with Crippen LogP contribution in [0.15, 0.2) is 53.7 Å². The minimum absolute atomic E-state index is 0.0344. The molecule has 3 aromatic rings. The number of amides is 3. The number of rotatable bonds is 5. The summed E-state index contributed by atoms with van der Waals surface area (Å²) in [5, 5.41) is 8.17. The fourth-order valence-corrected chi connectivity index (χ4v) is 6.53. The van der Waals surface area contributed by atoms with Crippen LogP contribution in [0.25, 0.3) is 22.0 Å². The van der Waals surface area contributed by atoms with E-state index < -0.39 is 5.54 Å². The van der Waals surface area contributed by atoms with Gasteiger partial charge >= 0.3 is 0 Å². The van der Waals surface area contributed by atoms with Crippen molar-refractivity contribution >= 4 is 34.5 Å². The van der Waals surface area contributed by atoms with E-state index in [4.69, 9.17) is 4.99 Å². The number of likely N-dealkylation sites (tertiary alicyclic amines) is 2. The highest BCUT2D eigenvalue weighted by Crippen LogP contribution is 2.38. The van der Waals surface area contributed by atoms with Crippen LogP contribution in [0.3, 0.4) is 0 Å². The van der Waals surface area contributed by atoms with E-state index in [2.05, 4.69) is 46.6 Å². The zero-order valence-electron chi connectivity index (χ0n) is 22.8. The Bertz CT molecular complexity index is 1510. The molecule has 1 unspecified atom stereocenters. The van der Waals surface area contributed by atoms with E-state index in [1.54, 1.807) is 11.8 Å². The molecule has 4 aliphatic rings. The third-order valence-corrected chi connectivity index (χ3v) is 9.14. The summed E-state index contributed by atoms with van der Waals surface area (Å²) in [5.41, 5.74) is 3.27. The summed E-state index contributed by atoms with van der Waals surface area (Å²) >= 11 is 0. The van der Waals surface area contributed by atoms with Gasteiger partial charge in [0.25, 0.3) is 5.91 Å². The molecule has 9 heteroatoms. The normalized spacial score (nSPS) is 22.4. The van der Waals surface area contributed by atoms with Gasteiger partial charge in [0.2, 0.25) is 11.8 Å². The van der Waals surface area contributed by atoms with Gasteiger partial charge in [-0.05, 0) is 61.3 Å². The highest BCUT2D eigenvalue weighted by Gasteiger charge is 2.51. The second-order valence-corrected chi connectivity index (χ2v) is 11.9. The quantitative estimate of drug-likeness (QED) is 0.538. The minimum Gasteiger partial charge on any atom is -0.343 e. The van der Waals surface area contributed by atoms with Gasteiger partial charge < -0.3 is 9.80 Å². The van der Waals surface area contributed by atoms with Crippen LogP contribution in [0.2, 0.25) is 0 Å². The van der Waals surface area contributed by atoms with Crippen molar-refractivity contribution < 1.29 is 14.4 Å². The maximum absolute atomic E-state index is 14.1. The van der Waals surface area contributed by atoms with Crippen molar-refractivity contribution in [3.63, 3.8) is 0 Å². The van der Waals surface area contributed by atoms with Crippen molar-refractivity contribution in [2.75, 3.05) is 32.7 Å². The minimum atomic E-state index is -0.825. The fraction of sp³-hybridized carbons (Fsp3) is 0.452. The van der Waals surface area contributed by atoms with Crippen LogP contribution in [0.4, 0.5) is 0 Å². The molecule has 1 saturated carbocycles. The molecule has 206 valence electrons. The van der Waals surface area contributed by atoms with Crippen molar-refractivity contribution in [2.45, 2.75) is 44.6 Å². The van der Waals surface area contributed by atoms with Gasteiger partial charge in [-0.15, -0.1) is 0 Å². The summed E-state index contributed by atoms with van der Waals surface area (Å²) in [6.07, 6.45) is 5.80. The molecule has 3 aliphatic heterocycles. The third-order valence-electron chi connectivity index (χ3n) is 9.14. The lowest BCUT2D eigenvalue weighted by Crippen LogP contribution is -2.51. The van der Waals surface area contributed by atoms with Gasteiger partial charge in [0.1, 0.15) is 11.4 Å². The Morgan fingerprint density at radius 3 is 2.40 bits per heavy atom. The molecule has 1 atom stereocenters. The van der Waals surface area contributed by atoms with Crippen molar-refractivity contribution in [3.8, 4) is 11.1 Å². The Hall–Kier alpha value is -4.01. The average Bonchev–Trinajstić information content (AvgIpc) is 3.43. The van der Waals surface area contributed by atoms with Crippen LogP contribution in [0.5, 0.6) is 0 Å². The van der Waals surface area contributed by atoms with Crippen LogP contribution in [0.1, 0.15) is 44.6 Å². The molecule has 9 nitrogen and oxygen atoms in total. The number of nitrogens with zero attached hydrogens (tertiary/aromatic N) is 5. The van der Waals surface area contributed by atoms with Gasteiger partial charge in [-0.25, -0.2) is 0 Å². The number of piperidine rings is 1. The predicted octanol–water partition coefficient (Wildman–Crippen LogP) is 3.46. The van der Waals surface area contributed by atoms with Crippen molar-refractivity contribution in [2.24, 2.45) is 16.8 Å². The first-order valence-corrected chi connectivity index (χ1v) is 14.4. The maximum atomic E-state index is 14.1. The zero-order chi connectivity index (χ0) is 27.4. The Morgan fingerprint density at radius 1 is 0.950 bits per heavy atom. The molecule has 7 rings (SSSR count). The smallest absolute Gasteiger partial charge is 0.256 e. The molecule has 40 heavy (non-hydrogen) atoms. The van der Waals surface area contributed by atoms with E-state index in [1.165, 1.54) is 0 Å². The van der Waals surface area contributed by atoms with Crippen molar-refractivity contribution in [1.29, 1.82) is 0 Å². The molecule has 1 N–H and O–H groups in total. The Balaban J connectivity index is 1.16. The van der Waals surface area contributed by atoms with Gasteiger partial charge in [-0.3, -0.25) is 29.4 Å². The van der Waals surface area contributed by atoms with E-state index in [0.29, 0.717) is 44.9 Å². The molecule has 0 radical (unpaired) electrons. The highest BCUT2D eigenvalue weighted by atomic mass is 16.2. The standard InChI is InChI=1S/C31H34N6O3/c1-20(38)35-14-11-31(12-15-35)30(40)37(19-21-10-13-36(18-21)29(39)24-6-7-24)28(33-31)23-4-2-22(3-5-23)25-8-9-27-26(16-25)17-32-34-27/h2-5,8-9,16-17,21,24H,6-7,10-15,18-19H2,1H3,(H,32,34). The van der Waals surface area contributed by atoms with Gasteiger partial charge in [0.15, 0.2) is 0 Å². The van der Waals surface area contributed by atoms with Crippen LogP contribution < -0.4 is 0 Å². The second-order valence-electron chi connectivity index (χ2n) is 11.9. The zero-order valence-corrected chi connectivity index (χ0v) is 22.8. The fourth-order valence-electron chi connectivity index (χ4n) is 6.53. The van der Waals surface area contributed by atoms with Crippen molar-refractivity contribution in [3.05, 3.63) is 54.2 Å². The Kier molecular flexibility index (Phi) is 5.98. The van der Waals surface area contributed by atoms with E-state index in [9.17, 15) is 14.4 Å². The molecule has 0 bridgehead atoms. The van der Waals surface area contributed by atoms with E-state index in [0.717, 1.165) is 53.4 Å². The van der Waals surface area contributed by atoms with Crippen LogP contribution in [0, 0.1) is 11.8 Å². The highest BCUT2D eigenvalue weighted by molar-refractivity contribution is 6.15.